The number of ether oxygens (including phenoxy) is 2. The second kappa shape index (κ2) is 40.9. The van der Waals surface area contributed by atoms with Crippen molar-refractivity contribution in [2.75, 3.05) is 108 Å². The third-order valence-corrected chi connectivity index (χ3v) is 20.5. The number of benzene rings is 6. The Balaban J connectivity index is 0.000000339. The molecule has 6 aliphatic rings. The number of carbonyl (C=O) groups excluding carboxylic acids is 7. The van der Waals surface area contributed by atoms with Gasteiger partial charge in [-0.15, -0.1) is 0 Å². The quantitative estimate of drug-likeness (QED) is 0.0313. The molecule has 108 heavy (non-hydrogen) atoms. The van der Waals surface area contributed by atoms with Crippen LogP contribution in [0.5, 0.6) is 0 Å². The summed E-state index contributed by atoms with van der Waals surface area (Å²) in [6.45, 7) is 15.8. The van der Waals surface area contributed by atoms with Gasteiger partial charge in [0.25, 0.3) is 0 Å². The van der Waals surface area contributed by atoms with Crippen LogP contribution in [0.1, 0.15) is 91.1 Å². The van der Waals surface area contributed by atoms with Crippen molar-refractivity contribution in [3.63, 3.8) is 0 Å². The summed E-state index contributed by atoms with van der Waals surface area (Å²) >= 11 is 0. The van der Waals surface area contributed by atoms with Crippen LogP contribution < -0.4 is 24.2 Å². The molecule has 6 aromatic rings. The number of carbonyl (C=O) groups is 9. The molecule has 0 saturated carbocycles. The number of methoxy groups -OCH3 is 2. The van der Waals surface area contributed by atoms with E-state index in [1.54, 1.807) is 56.7 Å². The molecule has 6 saturated heterocycles. The smallest absolute Gasteiger partial charge is 0.870 e. The summed E-state index contributed by atoms with van der Waals surface area (Å²) in [6, 6.07) is 59.0. The van der Waals surface area contributed by atoms with Gasteiger partial charge in [0.1, 0.15) is 36.3 Å². The number of carboxylic acid groups (broad SMARTS) is 2. The van der Waals surface area contributed by atoms with Gasteiger partial charge in [0.2, 0.25) is 29.5 Å². The summed E-state index contributed by atoms with van der Waals surface area (Å²) in [7, 11) is 8.33. The van der Waals surface area contributed by atoms with E-state index in [2.05, 4.69) is 87.9 Å². The molecule has 0 aliphatic carbocycles. The van der Waals surface area contributed by atoms with Gasteiger partial charge in [0.15, 0.2) is 0 Å². The number of alkyl halides is 1. The van der Waals surface area contributed by atoms with E-state index in [9.17, 15) is 52.6 Å². The van der Waals surface area contributed by atoms with Crippen molar-refractivity contribution in [1.82, 2.24) is 44.5 Å². The number of halogens is 1. The van der Waals surface area contributed by atoms with Crippen LogP contribution in [0.3, 0.4) is 0 Å². The predicted molar refractivity (Wildman–Crippen MR) is 408 cm³/mol. The van der Waals surface area contributed by atoms with Gasteiger partial charge in [-0.2, -0.15) is 0 Å². The molecule has 3 unspecified atom stereocenters. The van der Waals surface area contributed by atoms with E-state index in [1.807, 2.05) is 137 Å². The van der Waals surface area contributed by atoms with Crippen LogP contribution in [-0.2, 0) is 63.7 Å². The van der Waals surface area contributed by atoms with Crippen molar-refractivity contribution in [3.8, 4) is 0 Å². The van der Waals surface area contributed by atoms with Gasteiger partial charge < -0.3 is 55.0 Å². The van der Waals surface area contributed by atoms with Crippen LogP contribution in [0.25, 0.3) is 0 Å². The van der Waals surface area contributed by atoms with Crippen molar-refractivity contribution in [3.05, 3.63) is 215 Å². The first-order chi connectivity index (χ1) is 50.2. The number of likely N-dealkylation sites (N-methyl/N-ethyl adjacent to an activating group) is 4. The first-order valence-corrected chi connectivity index (χ1v) is 35.3. The number of carboxylic acids is 2. The Labute approximate surface area is 650 Å². The maximum atomic E-state index is 13.8. The molecule has 6 heterocycles. The number of nitrogens with zero attached hydrogens (tertiary/aromatic N) is 8. The molecule has 0 aromatic heterocycles. The normalized spacial score (nSPS) is 19.6. The molecule has 6 aromatic carbocycles. The summed E-state index contributed by atoms with van der Waals surface area (Å²) in [5, 5.41) is 20.8. The number of likely N-dealkylation sites (tertiary alicyclic amines) is 2. The molecule has 5 amide bonds. The number of esters is 2. The van der Waals surface area contributed by atoms with E-state index >= 15 is 0 Å². The van der Waals surface area contributed by atoms with Gasteiger partial charge in [0, 0.05) is 80.0 Å². The molecular weight excluding hydrogens is 1370 g/mol. The maximum absolute atomic E-state index is 13.8. The minimum atomic E-state index is -1.01. The number of nitrogens with one attached hydrogen (secondary N) is 1. The van der Waals surface area contributed by atoms with Crippen LogP contribution in [0.15, 0.2) is 182 Å². The van der Waals surface area contributed by atoms with E-state index in [-0.39, 0.29) is 128 Å². The second-order valence-corrected chi connectivity index (χ2v) is 28.3. The summed E-state index contributed by atoms with van der Waals surface area (Å²) < 4.78 is 25.2. The van der Waals surface area contributed by atoms with Crippen molar-refractivity contribution >= 4 is 53.4 Å². The number of hydrogen-bond acceptors (Lipinski definition) is 16. The first kappa shape index (κ1) is 89.5. The third-order valence-electron chi connectivity index (χ3n) is 20.5. The van der Waals surface area contributed by atoms with Crippen LogP contribution >= 0.6 is 0 Å². The molecule has 6 aliphatic heterocycles. The Morgan fingerprint density at radius 1 is 0.454 bits per heavy atom. The van der Waals surface area contributed by atoms with Gasteiger partial charge >= 0.3 is 42.7 Å². The van der Waals surface area contributed by atoms with Crippen LogP contribution in [-0.4, -0.2) is 253 Å². The van der Waals surface area contributed by atoms with Crippen molar-refractivity contribution < 1.29 is 92.9 Å². The van der Waals surface area contributed by atoms with Crippen molar-refractivity contribution in [1.29, 1.82) is 0 Å². The van der Waals surface area contributed by atoms with Gasteiger partial charge in [-0.25, -0.2) is 14.4 Å². The molecule has 0 bridgehead atoms. The van der Waals surface area contributed by atoms with E-state index < -0.39 is 54.3 Å². The fraction of sp³-hybridized carbons (Fsp3) is 0.458. The summed E-state index contributed by atoms with van der Waals surface area (Å²) in [5.74, 6) is -3.73. The molecule has 4 N–H and O–H groups in total. The summed E-state index contributed by atoms with van der Waals surface area (Å²) in [5.41, 5.74) is 5.29. The number of aliphatic carboxylic acids is 2. The fourth-order valence-corrected chi connectivity index (χ4v) is 14.7. The average Bonchev–Trinajstić information content (AvgIpc) is 1.56. The minimum Gasteiger partial charge on any atom is -0.870 e. The van der Waals surface area contributed by atoms with Crippen LogP contribution in [0, 0.1) is 35.5 Å². The zero-order valence-electron chi connectivity index (χ0n) is 64.1. The molecule has 0 spiro atoms. The Bertz CT molecular complexity index is 3710. The van der Waals surface area contributed by atoms with E-state index in [0.29, 0.717) is 52.4 Å². The number of rotatable bonds is 23. The Hall–Kier alpha value is -9.12. The van der Waals surface area contributed by atoms with Gasteiger partial charge in [0.05, 0.1) is 51.6 Å². The van der Waals surface area contributed by atoms with Gasteiger partial charge in [-0.1, -0.05) is 238 Å². The van der Waals surface area contributed by atoms with Gasteiger partial charge in [-0.05, 0) is 58.2 Å². The monoisotopic (exact) mass is 1480 g/mol. The third kappa shape index (κ3) is 20.0. The fourth-order valence-electron chi connectivity index (χ4n) is 14.7. The zero-order valence-corrected chi connectivity index (χ0v) is 63.1. The molecule has 0 radical (unpaired) electrons. The van der Waals surface area contributed by atoms with Crippen molar-refractivity contribution in [2.45, 2.75) is 104 Å². The van der Waals surface area contributed by atoms with E-state index in [0.717, 1.165) is 39.9 Å². The largest absolute Gasteiger partial charge is 1.00 e. The molecule has 25 heteroatoms. The molecule has 580 valence electrons. The SMILES string of the molecule is C.C.CC(C)[C@@H](C(=O)O)N(C)C(=O)C1CN(C(=O)[C@H]2CN2C(c2ccccc2)(c2ccccc2)c2ccccc2)C1.CN1C[C@@H]1C(=O)O.COC(=O)[C@H](C(C)C)N(C)C(=O)C1CN(C(=O)[C@H]2CN2C(c2ccccc2)(c2ccccc2)c2ccccc2)C1.COC(=O)[C@H](C(C)C)N(C)C(=O)C1CNC1.[2H]CF.[Li+].[OH-]. The molecule has 9 atom stereocenters. The Morgan fingerprint density at radius 2 is 0.694 bits per heavy atom. The maximum Gasteiger partial charge on any atom is 1.00 e. The Kier molecular flexibility index (Phi) is 33.9. The van der Waals surface area contributed by atoms with Crippen LogP contribution in [0.4, 0.5) is 4.39 Å². The van der Waals surface area contributed by atoms with Gasteiger partial charge in [-0.3, -0.25) is 47.9 Å². The predicted octanol–water partition coefficient (Wildman–Crippen LogP) is 5.40. The topological polar surface area (TPSA) is 280 Å². The number of amides is 5. The summed E-state index contributed by atoms with van der Waals surface area (Å²) in [4.78, 5) is 125. The van der Waals surface area contributed by atoms with E-state index in [4.69, 9.17) is 16.0 Å². The van der Waals surface area contributed by atoms with Crippen LogP contribution in [0.2, 0.25) is 0 Å². The van der Waals surface area contributed by atoms with Crippen molar-refractivity contribution in [2.24, 2.45) is 35.5 Å². The molecule has 6 fully saturated rings. The Morgan fingerprint density at radius 3 is 0.880 bits per heavy atom. The molecular formula is C83H111FLiN9O14. The molecule has 23 nitrogen and oxygen atoms in total. The minimum absolute atomic E-state index is 0. The zero-order chi connectivity index (χ0) is 76.6. The van der Waals surface area contributed by atoms with E-state index in [1.165, 1.54) is 28.9 Å². The average molecular weight is 1490 g/mol. The summed E-state index contributed by atoms with van der Waals surface area (Å²) in [6.07, 6.45) is 0. The standard InChI is InChI=1S/C33H37N3O4.C32H35N3O4.C11H20N2O3.C4H7NO2.CH3F.2CH4.Li.H2O/c1-23(2)29(32(39)40-4)34(3)30(37)24-20-35(21-24)31(38)28-22-36(28)33(25-14-8-5-9-15-25,26-16-10-6-11-17-26)27-18-12-7-13-19-27;1-22(2)28(31(38)39)33(3)29(36)23-19-34(20-23)30(37)27-21-35(27)32(24-13-7-4-8-14-24,25-15-9-5-10-16-25)26-17-11-6-12-18-26;1-7(2)9(11(15)16-4)13(3)10(14)8-5-12-6-8;1-5-2-3(5)4(6)7;1-2;;;;/h5-19,23-24,28-29H,20-22H2,1-4H3;4-18,22-23,27-28H,19-21H2,1-3H3,(H,38,39);7-9,12H,5-6H2,1-4H3;3H,2H2,1H3,(H,6,7);1H3;2*1H4;;1H2/q;;;;;;;+1;/p-1/t28-,29+,36?;27-,28+,35?;9-;3-,5?;;;;;/m1101...../s1/i;;;;1D;;;;. The second-order valence-electron chi connectivity index (χ2n) is 28.3. The molecule has 12 rings (SSSR count). The number of hydrogen-bond donors (Lipinski definition) is 3. The first-order valence-electron chi connectivity index (χ1n) is 36.0.